The summed E-state index contributed by atoms with van der Waals surface area (Å²) < 4.78 is 1.42. The third kappa shape index (κ3) is 14.6. The smallest absolute Gasteiger partial charge is 0.194 e. The number of carbonyl (C=O) groups is 2. The minimum atomic E-state index is -0.338. The number of ketones is 1. The third-order valence-electron chi connectivity index (χ3n) is 4.42. The summed E-state index contributed by atoms with van der Waals surface area (Å²) in [6.45, 7) is 16.7. The van der Waals surface area contributed by atoms with E-state index in [-0.39, 0.29) is 5.78 Å². The van der Waals surface area contributed by atoms with Gasteiger partial charge in [0.05, 0.1) is 26.2 Å². The van der Waals surface area contributed by atoms with E-state index >= 15 is 0 Å². The highest BCUT2D eigenvalue weighted by Crippen LogP contribution is 2.16. The molecule has 0 rings (SSSR count). The highest BCUT2D eigenvalue weighted by atomic mass is 16.2. The van der Waals surface area contributed by atoms with Gasteiger partial charge in [0.25, 0.3) is 0 Å². The molecule has 0 atom stereocenters. The molecule has 0 amide bonds. The predicted octanol–water partition coefficient (Wildman–Crippen LogP) is 5.17. The molecule has 0 fully saturated rings. The van der Waals surface area contributed by atoms with Gasteiger partial charge in [0.1, 0.15) is 0 Å². The van der Waals surface area contributed by atoms with Crippen molar-refractivity contribution >= 4 is 12.1 Å². The van der Waals surface area contributed by atoms with Crippen LogP contribution in [0.3, 0.4) is 0 Å². The minimum Gasteiger partial charge on any atom is -0.324 e. The molecule has 0 saturated carbocycles. The summed E-state index contributed by atoms with van der Waals surface area (Å²) >= 11 is 0. The number of hydrogen-bond donors (Lipinski definition) is 0. The van der Waals surface area contributed by atoms with Crippen molar-refractivity contribution < 1.29 is 14.1 Å². The van der Waals surface area contributed by atoms with E-state index in [1.165, 1.54) is 82.0 Å². The molecule has 0 radical (unpaired) electrons. The predicted molar refractivity (Wildman–Crippen MR) is 101 cm³/mol. The summed E-state index contributed by atoms with van der Waals surface area (Å²) in [5.74, 6) is -0.338. The molecule has 0 aromatic rings. The maximum Gasteiger partial charge on any atom is 0.194 e. The van der Waals surface area contributed by atoms with Crippen LogP contribution in [0.15, 0.2) is 0 Å². The Morgan fingerprint density at radius 2 is 1.00 bits per heavy atom. The maximum absolute atomic E-state index is 9.81. The molecule has 0 aliphatic rings. The molecule has 0 aromatic carbocycles. The third-order valence-corrected chi connectivity index (χ3v) is 4.42. The molecular formula is C20H42NO2+. The van der Waals surface area contributed by atoms with Gasteiger partial charge in [0, 0.05) is 6.42 Å². The molecule has 0 heterocycles. The van der Waals surface area contributed by atoms with Crippen molar-refractivity contribution in [2.75, 3.05) is 26.2 Å². The molecule has 0 saturated heterocycles. The van der Waals surface area contributed by atoms with E-state index in [1.54, 1.807) is 6.92 Å². The Hall–Kier alpha value is -0.700. The van der Waals surface area contributed by atoms with Crippen LogP contribution in [-0.4, -0.2) is 42.7 Å². The van der Waals surface area contributed by atoms with E-state index in [0.717, 1.165) is 0 Å². The average Bonchev–Trinajstić information content (AvgIpc) is 2.60. The second-order valence-electron chi connectivity index (χ2n) is 6.59. The van der Waals surface area contributed by atoms with Crippen LogP contribution in [0.5, 0.6) is 0 Å². The lowest BCUT2D eigenvalue weighted by molar-refractivity contribution is -0.929. The summed E-state index contributed by atoms with van der Waals surface area (Å²) in [6.07, 6.45) is 11.7. The summed E-state index contributed by atoms with van der Waals surface area (Å²) in [4.78, 5) is 19.2. The number of nitrogens with zero attached hydrogens (tertiary/aromatic N) is 1. The zero-order valence-corrected chi connectivity index (χ0v) is 16.5. The molecule has 0 aliphatic heterocycles. The second-order valence-corrected chi connectivity index (χ2v) is 6.59. The summed E-state index contributed by atoms with van der Waals surface area (Å²) in [5.41, 5.74) is 0. The molecular weight excluding hydrogens is 286 g/mol. The highest BCUT2D eigenvalue weighted by Gasteiger charge is 2.24. The van der Waals surface area contributed by atoms with Gasteiger partial charge >= 0.3 is 0 Å². The van der Waals surface area contributed by atoms with Crippen molar-refractivity contribution in [2.24, 2.45) is 0 Å². The molecule has 3 heteroatoms. The number of quaternary nitrogens is 1. The Balaban J connectivity index is 0. The van der Waals surface area contributed by atoms with E-state index in [9.17, 15) is 9.59 Å². The molecule has 138 valence electrons. The SMILES string of the molecule is CCC(=O)C=O.CCCC[N+](CCCC)(CCCC)CCCC. The molecule has 0 N–H and O–H groups in total. The monoisotopic (exact) mass is 328 g/mol. The number of carbonyl (C=O) groups excluding carboxylic acids is 2. The minimum absolute atomic E-state index is 0.323. The first-order chi connectivity index (χ1) is 11.1. The van der Waals surface area contributed by atoms with Gasteiger partial charge in [-0.05, 0) is 25.7 Å². The van der Waals surface area contributed by atoms with Crippen LogP contribution in [0, 0.1) is 0 Å². The molecule has 3 nitrogen and oxygen atoms in total. The number of hydrogen-bond acceptors (Lipinski definition) is 2. The first-order valence-electron chi connectivity index (χ1n) is 9.88. The number of aldehydes is 1. The summed E-state index contributed by atoms with van der Waals surface area (Å²) in [7, 11) is 0. The lowest BCUT2D eigenvalue weighted by Gasteiger charge is -2.39. The van der Waals surface area contributed by atoms with E-state index < -0.39 is 0 Å². The Kier molecular flexibility index (Phi) is 18.8. The van der Waals surface area contributed by atoms with Gasteiger partial charge in [0.2, 0.25) is 0 Å². The second kappa shape index (κ2) is 17.7. The maximum atomic E-state index is 9.81. The molecule has 23 heavy (non-hydrogen) atoms. The van der Waals surface area contributed by atoms with Crippen LogP contribution in [0.4, 0.5) is 0 Å². The van der Waals surface area contributed by atoms with E-state index in [0.29, 0.717) is 12.7 Å². The lowest BCUT2D eigenvalue weighted by Crippen LogP contribution is -2.50. The van der Waals surface area contributed by atoms with Crippen LogP contribution in [-0.2, 0) is 9.59 Å². The fourth-order valence-electron chi connectivity index (χ4n) is 2.73. The first-order valence-corrected chi connectivity index (χ1v) is 9.88. The molecule has 0 spiro atoms. The highest BCUT2D eigenvalue weighted by molar-refractivity contribution is 6.24. The van der Waals surface area contributed by atoms with Gasteiger partial charge in [-0.3, -0.25) is 9.59 Å². The molecule has 0 bridgehead atoms. The Labute approximate surface area is 145 Å². The van der Waals surface area contributed by atoms with Crippen LogP contribution in [0.25, 0.3) is 0 Å². The Morgan fingerprint density at radius 3 is 1.13 bits per heavy atom. The van der Waals surface area contributed by atoms with E-state index in [1.807, 2.05) is 0 Å². The van der Waals surface area contributed by atoms with Crippen LogP contribution < -0.4 is 0 Å². The van der Waals surface area contributed by atoms with Gasteiger partial charge < -0.3 is 4.48 Å². The van der Waals surface area contributed by atoms with Crippen molar-refractivity contribution in [2.45, 2.75) is 92.4 Å². The fraction of sp³-hybridized carbons (Fsp3) is 0.900. The number of rotatable bonds is 14. The molecule has 0 aliphatic carbocycles. The Morgan fingerprint density at radius 1 is 0.696 bits per heavy atom. The quantitative estimate of drug-likeness (QED) is 0.250. The van der Waals surface area contributed by atoms with Crippen LogP contribution in [0.2, 0.25) is 0 Å². The van der Waals surface area contributed by atoms with Gasteiger partial charge in [-0.2, -0.15) is 0 Å². The zero-order chi connectivity index (χ0) is 18.0. The largest absolute Gasteiger partial charge is 0.324 e. The lowest BCUT2D eigenvalue weighted by atomic mass is 10.1. The van der Waals surface area contributed by atoms with Crippen molar-refractivity contribution in [3.8, 4) is 0 Å². The normalized spacial score (nSPS) is 10.8. The van der Waals surface area contributed by atoms with Gasteiger partial charge in [0.15, 0.2) is 12.1 Å². The van der Waals surface area contributed by atoms with Gasteiger partial charge in [-0.25, -0.2) is 0 Å². The number of unbranched alkanes of at least 4 members (excludes halogenated alkanes) is 4. The Bertz CT molecular complexity index is 239. The van der Waals surface area contributed by atoms with Crippen molar-refractivity contribution in [3.63, 3.8) is 0 Å². The van der Waals surface area contributed by atoms with Crippen LogP contribution in [0.1, 0.15) is 92.4 Å². The fourth-order valence-corrected chi connectivity index (χ4v) is 2.73. The van der Waals surface area contributed by atoms with E-state index in [2.05, 4.69) is 27.7 Å². The first kappa shape index (κ1) is 24.6. The molecule has 0 unspecified atom stereocenters. The molecule has 0 aromatic heterocycles. The van der Waals surface area contributed by atoms with Crippen molar-refractivity contribution in [3.05, 3.63) is 0 Å². The van der Waals surface area contributed by atoms with Crippen molar-refractivity contribution in [1.29, 1.82) is 0 Å². The standard InChI is InChI=1S/C16H36N.C4H6O2/c1-5-9-13-17(14-10-6-2,15-11-7-3)16-12-8-4;1-2-4(6)3-5/h5-16H2,1-4H3;3H,2H2,1H3/q+1;. The van der Waals surface area contributed by atoms with Crippen LogP contribution >= 0.6 is 0 Å². The average molecular weight is 329 g/mol. The van der Waals surface area contributed by atoms with Crippen molar-refractivity contribution in [1.82, 2.24) is 0 Å². The topological polar surface area (TPSA) is 34.1 Å². The summed E-state index contributed by atoms with van der Waals surface area (Å²) in [5, 5.41) is 0. The van der Waals surface area contributed by atoms with Gasteiger partial charge in [-0.15, -0.1) is 0 Å². The zero-order valence-electron chi connectivity index (χ0n) is 16.5. The van der Waals surface area contributed by atoms with E-state index in [4.69, 9.17) is 0 Å². The number of Topliss-reactive ketones (excluding diaryl/α,β-unsaturated/α-hetero) is 1. The summed E-state index contributed by atoms with van der Waals surface area (Å²) in [6, 6.07) is 0. The van der Waals surface area contributed by atoms with Gasteiger partial charge in [-0.1, -0.05) is 60.3 Å².